The van der Waals surface area contributed by atoms with E-state index in [4.69, 9.17) is 0 Å². The van der Waals surface area contributed by atoms with Gasteiger partial charge >= 0.3 is 0 Å². The molecule has 4 heteroatoms. The number of rotatable bonds is 1. The zero-order valence-electron chi connectivity index (χ0n) is 12.0. The fraction of sp³-hybridized carbons (Fsp3) is 0.714. The summed E-state index contributed by atoms with van der Waals surface area (Å²) in [5.41, 5.74) is 2.59. The van der Waals surface area contributed by atoms with Crippen molar-refractivity contribution in [1.29, 1.82) is 0 Å². The van der Waals surface area contributed by atoms with Gasteiger partial charge in [0, 0.05) is 24.8 Å². The summed E-state index contributed by atoms with van der Waals surface area (Å²) in [7, 11) is 1.89. The standard InChI is InChI=1S/C14H23N3O/c1-9-7-6-8-10(2)17(9)14(18)13-11(3)15-16(5)12(13)4/h9-10H,6-8H2,1-5H3. The first kappa shape index (κ1) is 13.1. The molecule has 18 heavy (non-hydrogen) atoms. The number of aryl methyl sites for hydroxylation is 2. The molecule has 2 heterocycles. The highest BCUT2D eigenvalue weighted by Crippen LogP contribution is 2.26. The maximum atomic E-state index is 12.7. The Hall–Kier alpha value is -1.32. The number of nitrogens with zero attached hydrogens (tertiary/aromatic N) is 3. The number of hydrogen-bond acceptors (Lipinski definition) is 2. The second-order valence-corrected chi connectivity index (χ2v) is 5.51. The zero-order chi connectivity index (χ0) is 13.4. The summed E-state index contributed by atoms with van der Waals surface area (Å²) in [6, 6.07) is 0.667. The third kappa shape index (κ3) is 2.04. The van der Waals surface area contributed by atoms with E-state index >= 15 is 0 Å². The predicted octanol–water partition coefficient (Wildman–Crippen LogP) is 2.44. The van der Waals surface area contributed by atoms with Gasteiger partial charge in [0.2, 0.25) is 0 Å². The molecule has 2 rings (SSSR count). The van der Waals surface area contributed by atoms with Crippen LogP contribution in [0, 0.1) is 13.8 Å². The second kappa shape index (κ2) is 4.75. The van der Waals surface area contributed by atoms with Gasteiger partial charge in [-0.05, 0) is 47.0 Å². The third-order valence-electron chi connectivity index (χ3n) is 4.15. The molecule has 1 amide bonds. The largest absolute Gasteiger partial charge is 0.333 e. The van der Waals surface area contributed by atoms with Crippen molar-refractivity contribution < 1.29 is 4.79 Å². The van der Waals surface area contributed by atoms with Gasteiger partial charge in [0.25, 0.3) is 5.91 Å². The highest BCUT2D eigenvalue weighted by atomic mass is 16.2. The van der Waals surface area contributed by atoms with Gasteiger partial charge in [-0.3, -0.25) is 9.48 Å². The summed E-state index contributed by atoms with van der Waals surface area (Å²) in [6.07, 6.45) is 3.43. The summed E-state index contributed by atoms with van der Waals surface area (Å²) in [6.45, 7) is 8.18. The van der Waals surface area contributed by atoms with Crippen LogP contribution in [0.4, 0.5) is 0 Å². The van der Waals surface area contributed by atoms with Gasteiger partial charge in [0.05, 0.1) is 11.3 Å². The van der Waals surface area contributed by atoms with E-state index in [1.165, 1.54) is 6.42 Å². The molecule has 4 nitrogen and oxygen atoms in total. The van der Waals surface area contributed by atoms with Gasteiger partial charge in [0.15, 0.2) is 0 Å². The molecule has 1 aromatic heterocycles. The van der Waals surface area contributed by atoms with E-state index in [0.717, 1.165) is 29.8 Å². The molecule has 2 atom stereocenters. The molecule has 0 spiro atoms. The van der Waals surface area contributed by atoms with E-state index in [0.29, 0.717) is 12.1 Å². The summed E-state index contributed by atoms with van der Waals surface area (Å²) in [5.74, 6) is 0.151. The molecule has 0 radical (unpaired) electrons. The molecule has 100 valence electrons. The van der Waals surface area contributed by atoms with Gasteiger partial charge in [-0.1, -0.05) is 0 Å². The lowest BCUT2D eigenvalue weighted by molar-refractivity contribution is 0.0509. The maximum Gasteiger partial charge on any atom is 0.258 e. The van der Waals surface area contributed by atoms with E-state index in [2.05, 4.69) is 18.9 Å². The second-order valence-electron chi connectivity index (χ2n) is 5.51. The maximum absolute atomic E-state index is 12.7. The highest BCUT2D eigenvalue weighted by Gasteiger charge is 2.32. The van der Waals surface area contributed by atoms with Crippen molar-refractivity contribution >= 4 is 5.91 Å². The Morgan fingerprint density at radius 2 is 1.78 bits per heavy atom. The van der Waals surface area contributed by atoms with Gasteiger partial charge < -0.3 is 4.90 Å². The molecule has 0 saturated carbocycles. The first-order valence-electron chi connectivity index (χ1n) is 6.76. The molecule has 1 aromatic rings. The molecule has 1 aliphatic heterocycles. The van der Waals surface area contributed by atoms with Crippen molar-refractivity contribution in [2.24, 2.45) is 7.05 Å². The minimum absolute atomic E-state index is 0.151. The van der Waals surface area contributed by atoms with Crippen molar-refractivity contribution in [2.75, 3.05) is 0 Å². The monoisotopic (exact) mass is 249 g/mol. The van der Waals surface area contributed by atoms with Crippen LogP contribution in [-0.2, 0) is 7.05 Å². The van der Waals surface area contributed by atoms with E-state index in [-0.39, 0.29) is 5.91 Å². The Kier molecular flexibility index (Phi) is 3.46. The summed E-state index contributed by atoms with van der Waals surface area (Å²) in [4.78, 5) is 14.8. The number of aromatic nitrogens is 2. The molecule has 0 aliphatic carbocycles. The Morgan fingerprint density at radius 1 is 1.22 bits per heavy atom. The molecule has 0 aromatic carbocycles. The van der Waals surface area contributed by atoms with Crippen LogP contribution in [0.5, 0.6) is 0 Å². The van der Waals surface area contributed by atoms with Crippen LogP contribution < -0.4 is 0 Å². The van der Waals surface area contributed by atoms with Gasteiger partial charge in [0.1, 0.15) is 0 Å². The van der Waals surface area contributed by atoms with Crippen molar-refractivity contribution in [3.63, 3.8) is 0 Å². The first-order valence-corrected chi connectivity index (χ1v) is 6.76. The van der Waals surface area contributed by atoms with Crippen LogP contribution in [0.25, 0.3) is 0 Å². The van der Waals surface area contributed by atoms with E-state index < -0.39 is 0 Å². The minimum atomic E-state index is 0.151. The normalized spacial score (nSPS) is 24.4. The molecular formula is C14H23N3O. The Balaban J connectivity index is 2.35. The average molecular weight is 249 g/mol. The molecular weight excluding hydrogens is 226 g/mol. The number of carbonyl (C=O) groups is 1. The Bertz CT molecular complexity index is 454. The molecule has 1 fully saturated rings. The minimum Gasteiger partial charge on any atom is -0.333 e. The quantitative estimate of drug-likeness (QED) is 0.766. The molecule has 1 saturated heterocycles. The van der Waals surface area contributed by atoms with Crippen LogP contribution in [0.2, 0.25) is 0 Å². The van der Waals surface area contributed by atoms with Crippen molar-refractivity contribution in [3.05, 3.63) is 17.0 Å². The number of likely N-dealkylation sites (tertiary alicyclic amines) is 1. The molecule has 2 unspecified atom stereocenters. The average Bonchev–Trinajstić information content (AvgIpc) is 2.52. The van der Waals surface area contributed by atoms with Crippen LogP contribution >= 0.6 is 0 Å². The van der Waals surface area contributed by atoms with Crippen molar-refractivity contribution in [1.82, 2.24) is 14.7 Å². The number of hydrogen-bond donors (Lipinski definition) is 0. The van der Waals surface area contributed by atoms with E-state index in [9.17, 15) is 4.79 Å². The SMILES string of the molecule is Cc1nn(C)c(C)c1C(=O)N1C(C)CCCC1C. The zero-order valence-corrected chi connectivity index (χ0v) is 12.0. The third-order valence-corrected chi connectivity index (χ3v) is 4.15. The number of carbonyl (C=O) groups excluding carboxylic acids is 1. The van der Waals surface area contributed by atoms with Crippen LogP contribution in [0.1, 0.15) is 54.9 Å². The first-order chi connectivity index (χ1) is 8.43. The Labute approximate surface area is 109 Å². The number of piperidine rings is 1. The smallest absolute Gasteiger partial charge is 0.258 e. The van der Waals surface area contributed by atoms with Crippen LogP contribution in [0.15, 0.2) is 0 Å². The fourth-order valence-electron chi connectivity index (χ4n) is 3.03. The lowest BCUT2D eigenvalue weighted by Gasteiger charge is -2.39. The topological polar surface area (TPSA) is 38.1 Å². The molecule has 1 aliphatic rings. The lowest BCUT2D eigenvalue weighted by atomic mass is 9.96. The summed E-state index contributed by atoms with van der Waals surface area (Å²) in [5, 5.41) is 4.35. The molecule has 0 N–H and O–H groups in total. The number of amides is 1. The highest BCUT2D eigenvalue weighted by molar-refractivity contribution is 5.96. The van der Waals surface area contributed by atoms with Gasteiger partial charge in [-0.2, -0.15) is 5.10 Å². The van der Waals surface area contributed by atoms with Crippen LogP contribution in [-0.4, -0.2) is 32.7 Å². The Morgan fingerprint density at radius 3 is 2.22 bits per heavy atom. The summed E-state index contributed by atoms with van der Waals surface area (Å²) >= 11 is 0. The van der Waals surface area contributed by atoms with Gasteiger partial charge in [-0.25, -0.2) is 0 Å². The van der Waals surface area contributed by atoms with Crippen molar-refractivity contribution in [3.8, 4) is 0 Å². The van der Waals surface area contributed by atoms with E-state index in [1.54, 1.807) is 4.68 Å². The summed E-state index contributed by atoms with van der Waals surface area (Å²) < 4.78 is 1.79. The van der Waals surface area contributed by atoms with Gasteiger partial charge in [-0.15, -0.1) is 0 Å². The lowest BCUT2D eigenvalue weighted by Crippen LogP contribution is -2.47. The predicted molar refractivity (Wildman–Crippen MR) is 71.6 cm³/mol. The fourth-order valence-corrected chi connectivity index (χ4v) is 3.03. The molecule has 0 bridgehead atoms. The van der Waals surface area contributed by atoms with E-state index in [1.807, 2.05) is 25.8 Å². The van der Waals surface area contributed by atoms with Crippen LogP contribution in [0.3, 0.4) is 0 Å². The van der Waals surface area contributed by atoms with Crippen molar-refractivity contribution in [2.45, 2.75) is 59.0 Å².